The zero-order valence-corrected chi connectivity index (χ0v) is 13.3. The highest BCUT2D eigenvalue weighted by molar-refractivity contribution is 5.82. The van der Waals surface area contributed by atoms with E-state index in [1.165, 1.54) is 26.4 Å². The molecule has 0 amide bonds. The topological polar surface area (TPSA) is 65.0 Å². The van der Waals surface area contributed by atoms with E-state index in [0.717, 1.165) is 0 Å². The Balaban J connectivity index is 2.08. The highest BCUT2D eigenvalue weighted by Crippen LogP contribution is 2.46. The first-order valence-corrected chi connectivity index (χ1v) is 7.39. The number of rotatable bonds is 3. The van der Waals surface area contributed by atoms with Crippen molar-refractivity contribution in [1.29, 1.82) is 0 Å². The normalized spacial score (nSPS) is 22.2. The van der Waals surface area contributed by atoms with E-state index < -0.39 is 17.7 Å². The van der Waals surface area contributed by atoms with Crippen molar-refractivity contribution in [2.45, 2.75) is 18.1 Å². The minimum absolute atomic E-state index is 0.0371. The molecule has 126 valence electrons. The molecule has 0 unspecified atom stereocenters. The van der Waals surface area contributed by atoms with Crippen molar-refractivity contribution >= 4 is 5.97 Å². The maximum absolute atomic E-state index is 13.1. The van der Waals surface area contributed by atoms with Crippen molar-refractivity contribution in [3.63, 3.8) is 0 Å². The van der Waals surface area contributed by atoms with Gasteiger partial charge in [0, 0.05) is 18.1 Å². The van der Waals surface area contributed by atoms with Gasteiger partial charge in [0.05, 0.1) is 14.2 Å². The Labute approximate surface area is 138 Å². The Bertz CT molecular complexity index is 759. The van der Waals surface area contributed by atoms with Gasteiger partial charge in [-0.05, 0) is 29.8 Å². The van der Waals surface area contributed by atoms with E-state index in [2.05, 4.69) is 0 Å². The molecule has 0 aromatic heterocycles. The second kappa shape index (κ2) is 6.13. The molecule has 1 heterocycles. The molecule has 1 aliphatic heterocycles. The first kappa shape index (κ1) is 16.3. The lowest BCUT2D eigenvalue weighted by molar-refractivity contribution is -0.169. The second-order valence-corrected chi connectivity index (χ2v) is 5.58. The summed E-state index contributed by atoms with van der Waals surface area (Å²) < 4.78 is 29.0. The van der Waals surface area contributed by atoms with Gasteiger partial charge >= 0.3 is 5.97 Å². The number of benzene rings is 2. The average molecular weight is 332 g/mol. The number of methoxy groups -OCH3 is 2. The van der Waals surface area contributed by atoms with Crippen LogP contribution in [0.4, 0.5) is 4.39 Å². The zero-order chi connectivity index (χ0) is 17.3. The van der Waals surface area contributed by atoms with Crippen molar-refractivity contribution in [2.75, 3.05) is 14.2 Å². The number of ether oxygens (including phenoxy) is 3. The number of halogens is 1. The molecule has 6 heteroatoms. The van der Waals surface area contributed by atoms with Crippen LogP contribution in [0.1, 0.15) is 23.7 Å². The number of hydrogen-bond donors (Lipinski definition) is 1. The van der Waals surface area contributed by atoms with E-state index in [1.807, 2.05) is 0 Å². The molecular formula is C18H17FO5. The minimum Gasteiger partial charge on any atom is -0.497 e. The highest BCUT2D eigenvalue weighted by atomic mass is 19.1. The standard InChI is InChI=1S/C18H17FO5/c1-22-13-7-8-14-15(9-13)24-16(10-18(14,21)17(20)23-2)11-3-5-12(19)6-4-11/h3-9,16,21H,10H2,1-2H3/t16-,18+/m0/s1. The minimum atomic E-state index is -1.85. The van der Waals surface area contributed by atoms with E-state index >= 15 is 0 Å². The van der Waals surface area contributed by atoms with Crippen LogP contribution in [0, 0.1) is 5.82 Å². The van der Waals surface area contributed by atoms with Gasteiger partial charge in [-0.3, -0.25) is 0 Å². The van der Waals surface area contributed by atoms with E-state index in [-0.39, 0.29) is 12.2 Å². The number of fused-ring (bicyclic) bond motifs is 1. The van der Waals surface area contributed by atoms with Crippen molar-refractivity contribution in [3.8, 4) is 11.5 Å². The van der Waals surface area contributed by atoms with Crippen LogP contribution in [0.5, 0.6) is 11.5 Å². The van der Waals surface area contributed by atoms with Gasteiger partial charge in [-0.1, -0.05) is 12.1 Å². The number of esters is 1. The van der Waals surface area contributed by atoms with Crippen LogP contribution in [-0.4, -0.2) is 25.3 Å². The molecule has 2 aromatic rings. The van der Waals surface area contributed by atoms with E-state index in [4.69, 9.17) is 14.2 Å². The van der Waals surface area contributed by atoms with E-state index in [1.54, 1.807) is 30.3 Å². The predicted octanol–water partition coefficient (Wildman–Crippen LogP) is 2.72. The number of aliphatic hydroxyl groups is 1. The van der Waals surface area contributed by atoms with Gasteiger partial charge in [0.1, 0.15) is 23.4 Å². The summed E-state index contributed by atoms with van der Waals surface area (Å²) in [7, 11) is 2.72. The molecule has 3 rings (SSSR count). The number of hydrogen-bond acceptors (Lipinski definition) is 5. The first-order chi connectivity index (χ1) is 11.5. The second-order valence-electron chi connectivity index (χ2n) is 5.58. The summed E-state index contributed by atoms with van der Waals surface area (Å²) in [6, 6.07) is 10.5. The van der Waals surface area contributed by atoms with E-state index in [9.17, 15) is 14.3 Å². The summed E-state index contributed by atoms with van der Waals surface area (Å²) in [6.45, 7) is 0. The van der Waals surface area contributed by atoms with Crippen molar-refractivity contribution in [1.82, 2.24) is 0 Å². The molecule has 1 aliphatic rings. The lowest BCUT2D eigenvalue weighted by Crippen LogP contribution is -2.42. The molecule has 2 aromatic carbocycles. The van der Waals surface area contributed by atoms with Gasteiger partial charge in [0.15, 0.2) is 5.60 Å². The fourth-order valence-electron chi connectivity index (χ4n) is 2.87. The summed E-state index contributed by atoms with van der Waals surface area (Å²) in [5.41, 5.74) is -0.895. The Morgan fingerprint density at radius 1 is 1.25 bits per heavy atom. The summed E-state index contributed by atoms with van der Waals surface area (Å²) in [5.74, 6) is -0.298. The molecular weight excluding hydrogens is 315 g/mol. The highest BCUT2D eigenvalue weighted by Gasteiger charge is 2.47. The average Bonchev–Trinajstić information content (AvgIpc) is 2.60. The van der Waals surface area contributed by atoms with Gasteiger partial charge in [-0.2, -0.15) is 0 Å². The molecule has 0 radical (unpaired) electrons. The molecule has 0 saturated carbocycles. The smallest absolute Gasteiger partial charge is 0.342 e. The largest absolute Gasteiger partial charge is 0.497 e. The van der Waals surface area contributed by atoms with Gasteiger partial charge < -0.3 is 19.3 Å². The summed E-state index contributed by atoms with van der Waals surface area (Å²) in [6.07, 6.45) is -0.667. The lowest BCUT2D eigenvalue weighted by atomic mass is 9.83. The van der Waals surface area contributed by atoms with E-state index in [0.29, 0.717) is 22.6 Å². The number of carbonyl (C=O) groups is 1. The van der Waals surface area contributed by atoms with Crippen molar-refractivity contribution in [3.05, 3.63) is 59.4 Å². The van der Waals surface area contributed by atoms with Crippen LogP contribution in [0.3, 0.4) is 0 Å². The van der Waals surface area contributed by atoms with Gasteiger partial charge in [-0.25, -0.2) is 9.18 Å². The molecule has 5 nitrogen and oxygen atoms in total. The monoisotopic (exact) mass is 332 g/mol. The van der Waals surface area contributed by atoms with Gasteiger partial charge in [-0.15, -0.1) is 0 Å². The van der Waals surface area contributed by atoms with Gasteiger partial charge in [0.25, 0.3) is 0 Å². The zero-order valence-electron chi connectivity index (χ0n) is 13.3. The fraction of sp³-hybridized carbons (Fsp3) is 0.278. The lowest BCUT2D eigenvalue weighted by Gasteiger charge is -2.37. The Morgan fingerprint density at radius 2 is 1.96 bits per heavy atom. The third kappa shape index (κ3) is 2.69. The van der Waals surface area contributed by atoms with Crippen LogP contribution in [0.2, 0.25) is 0 Å². The molecule has 0 saturated heterocycles. The SMILES string of the molecule is COC(=O)[C@@]1(O)C[C@@H](c2ccc(F)cc2)Oc2cc(OC)ccc21. The molecule has 0 aliphatic carbocycles. The Kier molecular flexibility index (Phi) is 4.15. The Morgan fingerprint density at radius 3 is 2.58 bits per heavy atom. The molecule has 0 spiro atoms. The maximum Gasteiger partial charge on any atom is 0.342 e. The summed E-state index contributed by atoms with van der Waals surface area (Å²) in [4.78, 5) is 12.2. The van der Waals surface area contributed by atoms with Crippen LogP contribution < -0.4 is 9.47 Å². The van der Waals surface area contributed by atoms with Crippen LogP contribution >= 0.6 is 0 Å². The Hall–Kier alpha value is -2.60. The van der Waals surface area contributed by atoms with Crippen molar-refractivity contribution in [2.24, 2.45) is 0 Å². The van der Waals surface area contributed by atoms with Crippen molar-refractivity contribution < 1.29 is 28.5 Å². The maximum atomic E-state index is 13.1. The molecule has 2 atom stereocenters. The number of carbonyl (C=O) groups excluding carboxylic acids is 1. The molecule has 0 fully saturated rings. The fourth-order valence-corrected chi connectivity index (χ4v) is 2.87. The molecule has 24 heavy (non-hydrogen) atoms. The van der Waals surface area contributed by atoms with Crippen LogP contribution in [0.25, 0.3) is 0 Å². The third-order valence-electron chi connectivity index (χ3n) is 4.15. The summed E-state index contributed by atoms with van der Waals surface area (Å²) in [5, 5.41) is 11.0. The quantitative estimate of drug-likeness (QED) is 0.876. The van der Waals surface area contributed by atoms with Crippen LogP contribution in [-0.2, 0) is 15.1 Å². The third-order valence-corrected chi connectivity index (χ3v) is 4.15. The molecule has 0 bridgehead atoms. The summed E-state index contributed by atoms with van der Waals surface area (Å²) >= 11 is 0. The van der Waals surface area contributed by atoms with Crippen LogP contribution in [0.15, 0.2) is 42.5 Å². The van der Waals surface area contributed by atoms with Gasteiger partial charge in [0.2, 0.25) is 0 Å². The first-order valence-electron chi connectivity index (χ1n) is 7.39. The molecule has 1 N–H and O–H groups in total. The predicted molar refractivity (Wildman–Crippen MR) is 83.3 cm³/mol.